The van der Waals surface area contributed by atoms with Crippen molar-refractivity contribution in [1.29, 1.82) is 0 Å². The van der Waals surface area contributed by atoms with E-state index in [0.29, 0.717) is 5.69 Å². The summed E-state index contributed by atoms with van der Waals surface area (Å²) in [6.07, 6.45) is -2.55. The minimum absolute atomic E-state index is 0.0215. The summed E-state index contributed by atoms with van der Waals surface area (Å²) in [5.74, 6) is 0. The van der Waals surface area contributed by atoms with Crippen LogP contribution in [0.4, 0.5) is 20.2 Å². The average Bonchev–Trinajstić information content (AvgIpc) is 2.14. The van der Waals surface area contributed by atoms with Crippen LogP contribution in [0.5, 0.6) is 0 Å². The van der Waals surface area contributed by atoms with Gasteiger partial charge in [0.25, 0.3) is 6.43 Å². The van der Waals surface area contributed by atoms with Crippen LogP contribution in [-0.4, -0.2) is 31.2 Å². The Hall–Kier alpha value is -0.780. The van der Waals surface area contributed by atoms with Crippen LogP contribution >= 0.6 is 23.2 Å². The van der Waals surface area contributed by atoms with E-state index in [2.05, 4.69) is 0 Å². The van der Waals surface area contributed by atoms with Crippen LogP contribution in [0, 0.1) is 0 Å². The van der Waals surface area contributed by atoms with E-state index in [-0.39, 0.29) is 28.9 Å². The van der Waals surface area contributed by atoms with Gasteiger partial charge in [-0.15, -0.1) is 0 Å². The predicted molar refractivity (Wildman–Crippen MR) is 66.2 cm³/mol. The molecular formula is C10H12Cl2F2N2O. The van der Waals surface area contributed by atoms with Crippen LogP contribution in [0.2, 0.25) is 10.0 Å². The molecule has 0 amide bonds. The Morgan fingerprint density at radius 3 is 2.24 bits per heavy atom. The highest BCUT2D eigenvalue weighted by atomic mass is 35.5. The Morgan fingerprint density at radius 2 is 1.82 bits per heavy atom. The summed E-state index contributed by atoms with van der Waals surface area (Å²) < 4.78 is 24.8. The zero-order chi connectivity index (χ0) is 13.0. The third-order valence-corrected chi connectivity index (χ3v) is 2.66. The molecule has 3 N–H and O–H groups in total. The quantitative estimate of drug-likeness (QED) is 0.818. The number of aliphatic hydroxyl groups excluding tert-OH is 1. The van der Waals surface area contributed by atoms with Gasteiger partial charge >= 0.3 is 0 Å². The fraction of sp³-hybridized carbons (Fsp3) is 0.400. The monoisotopic (exact) mass is 284 g/mol. The van der Waals surface area contributed by atoms with Crippen molar-refractivity contribution in [1.82, 2.24) is 0 Å². The molecule has 0 bridgehead atoms. The molecule has 0 aromatic heterocycles. The second-order valence-corrected chi connectivity index (χ2v) is 4.21. The molecule has 7 heteroatoms. The topological polar surface area (TPSA) is 49.5 Å². The number of nitrogens with two attached hydrogens (primary N) is 1. The van der Waals surface area contributed by atoms with Gasteiger partial charge in [0.15, 0.2) is 0 Å². The Morgan fingerprint density at radius 1 is 1.29 bits per heavy atom. The van der Waals surface area contributed by atoms with E-state index in [9.17, 15) is 8.78 Å². The summed E-state index contributed by atoms with van der Waals surface area (Å²) in [6.45, 7) is -0.804. The molecule has 17 heavy (non-hydrogen) atoms. The fourth-order valence-corrected chi connectivity index (χ4v) is 2.21. The molecule has 1 aromatic rings. The maximum absolute atomic E-state index is 12.4. The highest BCUT2D eigenvalue weighted by Gasteiger charge is 2.18. The van der Waals surface area contributed by atoms with Crippen molar-refractivity contribution in [2.75, 3.05) is 30.3 Å². The highest BCUT2D eigenvalue weighted by Crippen LogP contribution is 2.36. The van der Waals surface area contributed by atoms with Crippen LogP contribution in [0.15, 0.2) is 12.1 Å². The molecule has 0 spiro atoms. The minimum Gasteiger partial charge on any atom is -0.399 e. The number of hydrogen-bond donors (Lipinski definition) is 2. The first-order valence-electron chi connectivity index (χ1n) is 4.84. The third-order valence-electron chi connectivity index (χ3n) is 2.08. The molecule has 0 aliphatic rings. The van der Waals surface area contributed by atoms with Gasteiger partial charge in [-0.3, -0.25) is 0 Å². The van der Waals surface area contributed by atoms with Crippen molar-refractivity contribution in [3.63, 3.8) is 0 Å². The lowest BCUT2D eigenvalue weighted by atomic mass is 10.2. The molecule has 96 valence electrons. The van der Waals surface area contributed by atoms with E-state index in [4.69, 9.17) is 34.0 Å². The van der Waals surface area contributed by atoms with Gasteiger partial charge < -0.3 is 15.7 Å². The Kier molecular flexibility index (Phi) is 5.24. The highest BCUT2D eigenvalue weighted by molar-refractivity contribution is 6.39. The zero-order valence-electron chi connectivity index (χ0n) is 8.84. The summed E-state index contributed by atoms with van der Waals surface area (Å²) in [5.41, 5.74) is 6.13. The van der Waals surface area contributed by atoms with Gasteiger partial charge in [0.05, 0.1) is 28.9 Å². The molecule has 0 aliphatic carbocycles. The number of anilines is 2. The van der Waals surface area contributed by atoms with Gasteiger partial charge in [-0.25, -0.2) is 8.78 Å². The molecule has 0 aliphatic heterocycles. The van der Waals surface area contributed by atoms with Gasteiger partial charge in [0.2, 0.25) is 0 Å². The molecule has 0 saturated heterocycles. The van der Waals surface area contributed by atoms with Crippen molar-refractivity contribution in [2.24, 2.45) is 0 Å². The second kappa shape index (κ2) is 6.23. The number of halogens is 4. The van der Waals surface area contributed by atoms with Crippen molar-refractivity contribution < 1.29 is 13.9 Å². The van der Waals surface area contributed by atoms with Gasteiger partial charge in [-0.1, -0.05) is 23.2 Å². The molecule has 1 rings (SSSR count). The molecule has 3 nitrogen and oxygen atoms in total. The van der Waals surface area contributed by atoms with E-state index in [0.717, 1.165) is 0 Å². The normalized spacial score (nSPS) is 10.9. The largest absolute Gasteiger partial charge is 0.399 e. The lowest BCUT2D eigenvalue weighted by Crippen LogP contribution is -2.32. The van der Waals surface area contributed by atoms with Gasteiger partial charge in [0.1, 0.15) is 0 Å². The maximum atomic E-state index is 12.4. The molecule has 0 fully saturated rings. The van der Waals surface area contributed by atoms with E-state index >= 15 is 0 Å². The van der Waals surface area contributed by atoms with E-state index in [1.807, 2.05) is 0 Å². The second-order valence-electron chi connectivity index (χ2n) is 3.39. The average molecular weight is 285 g/mol. The smallest absolute Gasteiger partial charge is 0.255 e. The first-order valence-corrected chi connectivity index (χ1v) is 5.59. The third kappa shape index (κ3) is 3.87. The Labute approximate surface area is 108 Å². The summed E-state index contributed by atoms with van der Waals surface area (Å²) in [5, 5.41) is 9.22. The molecular weight excluding hydrogens is 273 g/mol. The fourth-order valence-electron chi connectivity index (χ4n) is 1.47. The van der Waals surface area contributed by atoms with Gasteiger partial charge in [-0.05, 0) is 12.1 Å². The number of nitrogen functional groups attached to an aromatic ring is 1. The summed E-state index contributed by atoms with van der Waals surface area (Å²) in [6, 6.07) is 2.86. The van der Waals surface area contributed by atoms with Crippen LogP contribution < -0.4 is 10.6 Å². The molecule has 0 atom stereocenters. The number of nitrogens with zero attached hydrogens (tertiary/aromatic N) is 1. The van der Waals surface area contributed by atoms with Crippen molar-refractivity contribution in [3.8, 4) is 0 Å². The summed E-state index contributed by atoms with van der Waals surface area (Å²) >= 11 is 11.8. The molecule has 0 radical (unpaired) electrons. The molecule has 0 saturated carbocycles. The lowest BCUT2D eigenvalue weighted by molar-refractivity contribution is 0.153. The van der Waals surface area contributed by atoms with Crippen molar-refractivity contribution in [3.05, 3.63) is 22.2 Å². The number of aliphatic hydroxyl groups is 1. The van der Waals surface area contributed by atoms with E-state index in [1.54, 1.807) is 0 Å². The molecule has 0 unspecified atom stereocenters. The van der Waals surface area contributed by atoms with Crippen molar-refractivity contribution in [2.45, 2.75) is 6.43 Å². The molecule has 1 aromatic carbocycles. The maximum Gasteiger partial charge on any atom is 0.255 e. The van der Waals surface area contributed by atoms with Crippen LogP contribution in [0.1, 0.15) is 0 Å². The number of benzene rings is 1. The minimum atomic E-state index is -2.55. The van der Waals surface area contributed by atoms with Crippen LogP contribution in [0.3, 0.4) is 0 Å². The van der Waals surface area contributed by atoms with Crippen LogP contribution in [-0.2, 0) is 0 Å². The molecule has 0 heterocycles. The summed E-state index contributed by atoms with van der Waals surface area (Å²) in [7, 11) is 0. The van der Waals surface area contributed by atoms with Crippen LogP contribution in [0.25, 0.3) is 0 Å². The van der Waals surface area contributed by atoms with Gasteiger partial charge in [-0.2, -0.15) is 0 Å². The first-order chi connectivity index (χ1) is 7.95. The van der Waals surface area contributed by atoms with Crippen molar-refractivity contribution >= 4 is 34.6 Å². The standard InChI is InChI=1S/C10H12Cl2F2N2O/c11-7-3-6(15)4-8(12)10(7)16(1-2-17)5-9(13)14/h3-4,9,17H,1-2,5,15H2. The first kappa shape index (κ1) is 14.3. The Bertz CT molecular complexity index is 368. The summed E-state index contributed by atoms with van der Waals surface area (Å²) in [4.78, 5) is 1.23. The van der Waals surface area contributed by atoms with E-state index in [1.165, 1.54) is 17.0 Å². The number of rotatable bonds is 5. The van der Waals surface area contributed by atoms with Gasteiger partial charge in [0, 0.05) is 12.2 Å². The zero-order valence-corrected chi connectivity index (χ0v) is 10.3. The van der Waals surface area contributed by atoms with E-state index < -0.39 is 13.0 Å². The number of hydrogen-bond acceptors (Lipinski definition) is 3. The Balaban J connectivity index is 3.08. The number of alkyl halides is 2. The lowest BCUT2D eigenvalue weighted by Gasteiger charge is -2.25. The predicted octanol–water partition coefficient (Wildman–Crippen LogP) is 2.64. The SMILES string of the molecule is Nc1cc(Cl)c(N(CCO)CC(F)F)c(Cl)c1.